The number of benzene rings is 2. The second-order valence-corrected chi connectivity index (χ2v) is 9.38. The van der Waals surface area contributed by atoms with Gasteiger partial charge in [0.05, 0.1) is 51.6 Å². The Morgan fingerprint density at radius 2 is 1.66 bits per heavy atom. The van der Waals surface area contributed by atoms with E-state index in [2.05, 4.69) is 4.90 Å². The molecule has 0 spiro atoms. The third-order valence-electron chi connectivity index (χ3n) is 7.03. The molecule has 0 radical (unpaired) electrons. The minimum Gasteiger partial charge on any atom is -0.497 e. The summed E-state index contributed by atoms with van der Waals surface area (Å²) in [7, 11) is 3.22. The molecule has 2 aromatic rings. The fourth-order valence-corrected chi connectivity index (χ4v) is 5.00. The molecular formula is C29H37N3O6. The largest absolute Gasteiger partial charge is 0.497 e. The standard InChI is InChI=1S/C29H37N3O6/c1-5-37-22-9-7-20(8-10-22)26-18-25(24-12-11-23(35-3)17-27(24)36-4)30-32(26)28(33)19-31-15-13-21(14-16-31)29(34)38-6-2/h7-12,17,21,26H,5-6,13-16,18-19H2,1-4H3/t26-/m1/s1. The van der Waals surface area contributed by atoms with Crippen LogP contribution in [0.1, 0.15) is 50.3 Å². The summed E-state index contributed by atoms with van der Waals surface area (Å²) >= 11 is 0. The second kappa shape index (κ2) is 12.8. The summed E-state index contributed by atoms with van der Waals surface area (Å²) in [4.78, 5) is 27.8. The highest BCUT2D eigenvalue weighted by atomic mass is 16.5. The number of likely N-dealkylation sites (tertiary alicyclic amines) is 1. The third kappa shape index (κ3) is 6.27. The third-order valence-corrected chi connectivity index (χ3v) is 7.03. The maximum absolute atomic E-state index is 13.6. The number of rotatable bonds is 10. The van der Waals surface area contributed by atoms with Crippen LogP contribution in [0.2, 0.25) is 0 Å². The van der Waals surface area contributed by atoms with Crippen molar-refractivity contribution in [3.63, 3.8) is 0 Å². The number of hydrogen-bond acceptors (Lipinski definition) is 8. The van der Waals surface area contributed by atoms with E-state index in [1.807, 2.05) is 56.3 Å². The van der Waals surface area contributed by atoms with Gasteiger partial charge in [0.15, 0.2) is 0 Å². The fourth-order valence-electron chi connectivity index (χ4n) is 5.00. The summed E-state index contributed by atoms with van der Waals surface area (Å²) in [5.41, 5.74) is 2.58. The van der Waals surface area contributed by atoms with Crippen molar-refractivity contribution in [1.82, 2.24) is 9.91 Å². The Labute approximate surface area is 224 Å². The van der Waals surface area contributed by atoms with Gasteiger partial charge in [0.1, 0.15) is 17.2 Å². The van der Waals surface area contributed by atoms with E-state index in [0.29, 0.717) is 57.1 Å². The van der Waals surface area contributed by atoms with Crippen molar-refractivity contribution in [3.05, 3.63) is 53.6 Å². The van der Waals surface area contributed by atoms with Crippen LogP contribution in [0.4, 0.5) is 0 Å². The van der Waals surface area contributed by atoms with Crippen LogP contribution in [-0.4, -0.2) is 74.6 Å². The first kappa shape index (κ1) is 27.4. The molecular weight excluding hydrogens is 486 g/mol. The highest BCUT2D eigenvalue weighted by Gasteiger charge is 2.35. The molecule has 204 valence electrons. The average Bonchev–Trinajstić information content (AvgIpc) is 3.39. The predicted octanol–water partition coefficient (Wildman–Crippen LogP) is 4.06. The zero-order valence-electron chi connectivity index (χ0n) is 22.6. The van der Waals surface area contributed by atoms with Crippen LogP contribution in [-0.2, 0) is 14.3 Å². The van der Waals surface area contributed by atoms with Crippen molar-refractivity contribution in [1.29, 1.82) is 0 Å². The van der Waals surface area contributed by atoms with Crippen LogP contribution in [0.5, 0.6) is 17.2 Å². The molecule has 1 amide bonds. The monoisotopic (exact) mass is 523 g/mol. The lowest BCUT2D eigenvalue weighted by atomic mass is 9.96. The van der Waals surface area contributed by atoms with Crippen LogP contribution in [0, 0.1) is 5.92 Å². The summed E-state index contributed by atoms with van der Waals surface area (Å²) in [5.74, 6) is 1.79. The molecule has 0 unspecified atom stereocenters. The van der Waals surface area contributed by atoms with Gasteiger partial charge in [-0.25, -0.2) is 5.01 Å². The zero-order chi connectivity index (χ0) is 27.1. The second-order valence-electron chi connectivity index (χ2n) is 9.38. The molecule has 0 saturated carbocycles. The number of amides is 1. The topological polar surface area (TPSA) is 89.9 Å². The first-order valence-corrected chi connectivity index (χ1v) is 13.2. The van der Waals surface area contributed by atoms with Gasteiger partial charge in [-0.1, -0.05) is 12.1 Å². The number of carbonyl (C=O) groups excluding carboxylic acids is 2. The van der Waals surface area contributed by atoms with Crippen LogP contribution in [0.3, 0.4) is 0 Å². The molecule has 9 heteroatoms. The molecule has 4 rings (SSSR count). The fraction of sp³-hybridized carbons (Fsp3) is 0.483. The molecule has 2 heterocycles. The highest BCUT2D eigenvalue weighted by Crippen LogP contribution is 2.37. The van der Waals surface area contributed by atoms with Gasteiger partial charge in [-0.05, 0) is 69.6 Å². The number of methoxy groups -OCH3 is 2. The molecule has 9 nitrogen and oxygen atoms in total. The van der Waals surface area contributed by atoms with E-state index in [-0.39, 0.29) is 30.4 Å². The normalized spacial score (nSPS) is 18.2. The van der Waals surface area contributed by atoms with E-state index in [1.165, 1.54) is 0 Å². The van der Waals surface area contributed by atoms with Crippen molar-refractivity contribution < 1.29 is 28.5 Å². The molecule has 0 bridgehead atoms. The predicted molar refractivity (Wildman–Crippen MR) is 144 cm³/mol. The van der Waals surface area contributed by atoms with Gasteiger partial charge in [-0.2, -0.15) is 5.10 Å². The molecule has 38 heavy (non-hydrogen) atoms. The van der Waals surface area contributed by atoms with Gasteiger partial charge in [0.25, 0.3) is 5.91 Å². The molecule has 2 aromatic carbocycles. The van der Waals surface area contributed by atoms with Gasteiger partial charge in [0, 0.05) is 18.1 Å². The first-order chi connectivity index (χ1) is 18.5. The smallest absolute Gasteiger partial charge is 0.309 e. The van der Waals surface area contributed by atoms with E-state index in [0.717, 1.165) is 22.6 Å². The maximum Gasteiger partial charge on any atom is 0.309 e. The van der Waals surface area contributed by atoms with Crippen molar-refractivity contribution in [2.24, 2.45) is 11.0 Å². The van der Waals surface area contributed by atoms with Gasteiger partial charge in [-0.15, -0.1) is 0 Å². The highest BCUT2D eigenvalue weighted by molar-refractivity contribution is 6.05. The van der Waals surface area contributed by atoms with Crippen molar-refractivity contribution in [2.45, 2.75) is 39.2 Å². The first-order valence-electron chi connectivity index (χ1n) is 13.2. The Morgan fingerprint density at radius 1 is 0.947 bits per heavy atom. The van der Waals surface area contributed by atoms with Gasteiger partial charge < -0.3 is 18.9 Å². The number of hydrogen-bond donors (Lipinski definition) is 0. The van der Waals surface area contributed by atoms with Crippen molar-refractivity contribution in [3.8, 4) is 17.2 Å². The van der Waals surface area contributed by atoms with E-state index in [9.17, 15) is 9.59 Å². The van der Waals surface area contributed by atoms with E-state index >= 15 is 0 Å². The Balaban J connectivity index is 1.54. The molecule has 1 saturated heterocycles. The lowest BCUT2D eigenvalue weighted by molar-refractivity contribution is -0.149. The molecule has 2 aliphatic rings. The van der Waals surface area contributed by atoms with Crippen LogP contribution >= 0.6 is 0 Å². The number of piperidine rings is 1. The van der Waals surface area contributed by atoms with Crippen LogP contribution in [0.25, 0.3) is 0 Å². The van der Waals surface area contributed by atoms with Crippen LogP contribution in [0.15, 0.2) is 47.6 Å². The molecule has 2 aliphatic heterocycles. The summed E-state index contributed by atoms with van der Waals surface area (Å²) in [6, 6.07) is 13.2. The van der Waals surface area contributed by atoms with Crippen molar-refractivity contribution in [2.75, 3.05) is 47.1 Å². The Morgan fingerprint density at radius 3 is 2.29 bits per heavy atom. The van der Waals surface area contributed by atoms with Gasteiger partial charge in [0.2, 0.25) is 0 Å². The SMILES string of the molecule is CCOC(=O)C1CCN(CC(=O)N2N=C(c3ccc(OC)cc3OC)C[C@@H]2c2ccc(OCC)cc2)CC1. The summed E-state index contributed by atoms with van der Waals surface area (Å²) in [6.45, 7) is 6.31. The minimum atomic E-state index is -0.253. The maximum atomic E-state index is 13.6. The lowest BCUT2D eigenvalue weighted by Crippen LogP contribution is -2.43. The van der Waals surface area contributed by atoms with Gasteiger partial charge in [-0.3, -0.25) is 14.5 Å². The molecule has 1 fully saturated rings. The van der Waals surface area contributed by atoms with E-state index in [4.69, 9.17) is 24.0 Å². The average molecular weight is 524 g/mol. The summed E-state index contributed by atoms with van der Waals surface area (Å²) in [6.07, 6.45) is 1.92. The van der Waals surface area contributed by atoms with Gasteiger partial charge >= 0.3 is 5.97 Å². The Bertz CT molecular complexity index is 1140. The molecule has 0 aliphatic carbocycles. The van der Waals surface area contributed by atoms with E-state index < -0.39 is 0 Å². The zero-order valence-corrected chi connectivity index (χ0v) is 22.6. The number of hydrazone groups is 1. The number of esters is 1. The Kier molecular flexibility index (Phi) is 9.23. The van der Waals surface area contributed by atoms with Crippen molar-refractivity contribution >= 4 is 17.6 Å². The quantitative estimate of drug-likeness (QED) is 0.434. The Hall–Kier alpha value is -3.59. The molecule has 0 N–H and O–H groups in total. The lowest BCUT2D eigenvalue weighted by Gasteiger charge is -2.32. The summed E-state index contributed by atoms with van der Waals surface area (Å²) in [5, 5.41) is 6.42. The molecule has 1 atom stereocenters. The van der Waals surface area contributed by atoms with Crippen LogP contribution < -0.4 is 14.2 Å². The minimum absolute atomic E-state index is 0.0825. The van der Waals surface area contributed by atoms with E-state index in [1.54, 1.807) is 19.2 Å². The summed E-state index contributed by atoms with van der Waals surface area (Å²) < 4.78 is 21.7. The molecule has 0 aromatic heterocycles. The number of carbonyl (C=O) groups is 2. The number of ether oxygens (including phenoxy) is 4. The number of nitrogens with zero attached hydrogens (tertiary/aromatic N) is 3.